The molecule has 0 spiro atoms. The van der Waals surface area contributed by atoms with E-state index < -0.39 is 41.4 Å². The molecule has 0 aromatic carbocycles. The number of pyridine rings is 1. The summed E-state index contributed by atoms with van der Waals surface area (Å²) in [5.74, 6) is 0. The molecule has 8 heteroatoms. The number of nitriles is 1. The van der Waals surface area contributed by atoms with Gasteiger partial charge in [0.25, 0.3) is 12.0 Å². The van der Waals surface area contributed by atoms with Gasteiger partial charge in [0.05, 0.1) is 18.2 Å². The lowest BCUT2D eigenvalue weighted by Gasteiger charge is -2.11. The van der Waals surface area contributed by atoms with Crippen molar-refractivity contribution < 1.29 is 22.0 Å². The van der Waals surface area contributed by atoms with Crippen molar-refractivity contribution in [1.29, 1.82) is 5.26 Å². The number of hydrogen-bond acceptors (Lipinski definition) is 2. The molecule has 17 heavy (non-hydrogen) atoms. The Morgan fingerprint density at radius 1 is 1.41 bits per heavy atom. The van der Waals surface area contributed by atoms with Gasteiger partial charge in [-0.15, -0.1) is 0 Å². The molecule has 0 bridgehead atoms. The number of aromatic nitrogens is 1. The molecule has 1 rings (SSSR count). The van der Waals surface area contributed by atoms with Crippen LogP contribution in [0.25, 0.3) is 0 Å². The summed E-state index contributed by atoms with van der Waals surface area (Å²) in [5.41, 5.74) is -4.96. The van der Waals surface area contributed by atoms with Gasteiger partial charge in [-0.05, 0) is 11.6 Å². The molecule has 0 saturated carbocycles. The Labute approximate surface area is 91.5 Å². The summed E-state index contributed by atoms with van der Waals surface area (Å²) in [5, 5.41) is 8.31. The lowest BCUT2D eigenvalue weighted by molar-refractivity contribution is -0.139. The van der Waals surface area contributed by atoms with Crippen molar-refractivity contribution in [1.82, 2.24) is 4.98 Å². The molecule has 0 radical (unpaired) electrons. The second kappa shape index (κ2) is 4.53. The van der Waals surface area contributed by atoms with Crippen molar-refractivity contribution in [3.05, 3.63) is 33.2 Å². The molecule has 1 aromatic heterocycles. The fourth-order valence-corrected chi connectivity index (χ4v) is 1.29. The molecule has 0 unspecified atom stereocenters. The molecule has 0 saturated heterocycles. The maximum atomic E-state index is 12.4. The molecule has 3 nitrogen and oxygen atoms in total. The highest BCUT2D eigenvalue weighted by Crippen LogP contribution is 2.30. The fourth-order valence-electron chi connectivity index (χ4n) is 1.29. The fraction of sp³-hybridized carbons (Fsp3) is 0.333. The van der Waals surface area contributed by atoms with E-state index in [4.69, 9.17) is 5.26 Å². The van der Waals surface area contributed by atoms with Crippen LogP contribution in [0.4, 0.5) is 22.0 Å². The van der Waals surface area contributed by atoms with E-state index in [-0.39, 0.29) is 0 Å². The first-order valence-corrected chi connectivity index (χ1v) is 4.25. The topological polar surface area (TPSA) is 56.6 Å². The SMILES string of the molecule is N#CCc1cc(C(F)F)[nH]c(=O)c1C(F)(F)F. The predicted octanol–water partition coefficient (Wildman–Crippen LogP) is 2.40. The number of halogens is 5. The van der Waals surface area contributed by atoms with Gasteiger partial charge in [-0.3, -0.25) is 4.79 Å². The summed E-state index contributed by atoms with van der Waals surface area (Å²) < 4.78 is 61.9. The Hall–Kier alpha value is -1.91. The first-order valence-electron chi connectivity index (χ1n) is 4.25. The third kappa shape index (κ3) is 2.81. The molecule has 0 amide bonds. The van der Waals surface area contributed by atoms with Crippen molar-refractivity contribution in [3.8, 4) is 6.07 Å². The van der Waals surface area contributed by atoms with Gasteiger partial charge in [-0.2, -0.15) is 18.4 Å². The number of H-pyrrole nitrogens is 1. The third-order valence-corrected chi connectivity index (χ3v) is 1.92. The van der Waals surface area contributed by atoms with E-state index >= 15 is 0 Å². The number of nitrogens with one attached hydrogen (secondary N) is 1. The molecule has 0 aliphatic rings. The van der Waals surface area contributed by atoms with E-state index in [1.54, 1.807) is 0 Å². The lowest BCUT2D eigenvalue weighted by atomic mass is 10.1. The summed E-state index contributed by atoms with van der Waals surface area (Å²) in [6, 6.07) is 1.88. The van der Waals surface area contributed by atoms with Gasteiger partial charge in [-0.25, -0.2) is 8.78 Å². The van der Waals surface area contributed by atoms with E-state index in [0.29, 0.717) is 6.07 Å². The monoisotopic (exact) mass is 252 g/mol. The molecular weight excluding hydrogens is 247 g/mol. The number of aromatic amines is 1. The summed E-state index contributed by atoms with van der Waals surface area (Å²) in [7, 11) is 0. The Kier molecular flexibility index (Phi) is 3.50. The van der Waals surface area contributed by atoms with Gasteiger partial charge >= 0.3 is 6.18 Å². The highest BCUT2D eigenvalue weighted by Gasteiger charge is 2.37. The van der Waals surface area contributed by atoms with Crippen molar-refractivity contribution in [2.24, 2.45) is 0 Å². The Bertz CT molecular complexity index is 512. The van der Waals surface area contributed by atoms with E-state index in [0.717, 1.165) is 0 Å². The van der Waals surface area contributed by atoms with Crippen LogP contribution in [0, 0.1) is 11.3 Å². The minimum Gasteiger partial charge on any atom is -0.321 e. The number of rotatable bonds is 2. The predicted molar refractivity (Wildman–Crippen MR) is 46.3 cm³/mol. The maximum absolute atomic E-state index is 12.4. The molecule has 0 fully saturated rings. The van der Waals surface area contributed by atoms with Gasteiger partial charge in [-0.1, -0.05) is 0 Å². The number of nitrogens with zero attached hydrogens (tertiary/aromatic N) is 1. The van der Waals surface area contributed by atoms with Gasteiger partial charge < -0.3 is 4.98 Å². The second-order valence-corrected chi connectivity index (χ2v) is 3.09. The van der Waals surface area contributed by atoms with Crippen LogP contribution < -0.4 is 5.56 Å². The standard InChI is InChI=1S/C9H5F5N2O/c10-7(11)5-3-4(1-2-15)6(8(17)16-5)9(12,13)14/h3,7H,1H2,(H,16,17). The molecule has 1 N–H and O–H groups in total. The Morgan fingerprint density at radius 2 is 2.00 bits per heavy atom. The number of alkyl halides is 5. The average molecular weight is 252 g/mol. The normalized spacial score (nSPS) is 11.6. The molecule has 1 heterocycles. The third-order valence-electron chi connectivity index (χ3n) is 1.92. The van der Waals surface area contributed by atoms with Gasteiger partial charge in [0.15, 0.2) is 0 Å². The van der Waals surface area contributed by atoms with Crippen molar-refractivity contribution in [2.45, 2.75) is 19.0 Å². The first kappa shape index (κ1) is 13.2. The zero-order valence-corrected chi connectivity index (χ0v) is 8.11. The largest absolute Gasteiger partial charge is 0.422 e. The molecule has 92 valence electrons. The summed E-state index contributed by atoms with van der Waals surface area (Å²) >= 11 is 0. The van der Waals surface area contributed by atoms with Crippen LogP contribution in [0.3, 0.4) is 0 Å². The molecular formula is C9H5F5N2O. The van der Waals surface area contributed by atoms with Crippen LogP contribution in [0.15, 0.2) is 10.9 Å². The van der Waals surface area contributed by atoms with Gasteiger partial charge in [0.2, 0.25) is 0 Å². The summed E-state index contributed by atoms with van der Waals surface area (Å²) in [6.45, 7) is 0. The van der Waals surface area contributed by atoms with Crippen LogP contribution in [0.5, 0.6) is 0 Å². The van der Waals surface area contributed by atoms with Crippen molar-refractivity contribution in [2.75, 3.05) is 0 Å². The summed E-state index contributed by atoms with van der Waals surface area (Å²) in [4.78, 5) is 12.5. The van der Waals surface area contributed by atoms with Gasteiger partial charge in [0, 0.05) is 0 Å². The lowest BCUT2D eigenvalue weighted by Crippen LogP contribution is -2.25. The van der Waals surface area contributed by atoms with E-state index in [9.17, 15) is 26.7 Å². The zero-order valence-electron chi connectivity index (χ0n) is 8.11. The van der Waals surface area contributed by atoms with Gasteiger partial charge in [0.1, 0.15) is 5.56 Å². The van der Waals surface area contributed by atoms with Crippen LogP contribution in [-0.2, 0) is 12.6 Å². The first-order chi connectivity index (χ1) is 7.77. The highest BCUT2D eigenvalue weighted by atomic mass is 19.4. The van der Waals surface area contributed by atoms with Crippen molar-refractivity contribution >= 4 is 0 Å². The maximum Gasteiger partial charge on any atom is 0.422 e. The highest BCUT2D eigenvalue weighted by molar-refractivity contribution is 5.31. The molecule has 0 aliphatic carbocycles. The van der Waals surface area contributed by atoms with Crippen LogP contribution in [-0.4, -0.2) is 4.98 Å². The molecule has 0 atom stereocenters. The summed E-state index contributed by atoms with van der Waals surface area (Å²) in [6.07, 6.45) is -8.86. The van der Waals surface area contributed by atoms with E-state index in [2.05, 4.69) is 0 Å². The molecule has 1 aromatic rings. The minimum absolute atomic E-state index is 0.484. The minimum atomic E-state index is -4.99. The Morgan fingerprint density at radius 3 is 2.41 bits per heavy atom. The Balaban J connectivity index is 3.51. The molecule has 0 aliphatic heterocycles. The quantitative estimate of drug-likeness (QED) is 0.821. The van der Waals surface area contributed by atoms with E-state index in [1.165, 1.54) is 11.1 Å². The number of hydrogen-bond donors (Lipinski definition) is 1. The van der Waals surface area contributed by atoms with Crippen LogP contribution in [0.2, 0.25) is 0 Å². The second-order valence-electron chi connectivity index (χ2n) is 3.09. The zero-order chi connectivity index (χ0) is 13.2. The van der Waals surface area contributed by atoms with E-state index in [1.807, 2.05) is 0 Å². The smallest absolute Gasteiger partial charge is 0.321 e. The average Bonchev–Trinajstić information content (AvgIpc) is 2.14. The van der Waals surface area contributed by atoms with Crippen LogP contribution in [0.1, 0.15) is 23.2 Å². The van der Waals surface area contributed by atoms with Crippen molar-refractivity contribution in [3.63, 3.8) is 0 Å². The van der Waals surface area contributed by atoms with Crippen LogP contribution >= 0.6 is 0 Å².